The second-order valence-electron chi connectivity index (χ2n) is 11.3. The monoisotopic (exact) mass is 530 g/mol. The number of nitrogens with zero attached hydrogens (tertiary/aromatic N) is 1. The van der Waals surface area contributed by atoms with Crippen LogP contribution in [0.5, 0.6) is 0 Å². The zero-order valence-electron chi connectivity index (χ0n) is 22.8. The number of hydrogen-bond donors (Lipinski definition) is 3. The SMILES string of the molecule is Cc1cccc2[nH]c(C(=O)N[C@@H](CC(C)C)C(=O)N3C[C@@H](C)C(C)(C)[C@H]3C(=O)NC(C)C(=O)CCl)cc12. The lowest BCUT2D eigenvalue weighted by Gasteiger charge is -2.35. The quantitative estimate of drug-likeness (QED) is 0.428. The van der Waals surface area contributed by atoms with Crippen LogP contribution in [0.25, 0.3) is 10.9 Å². The second kappa shape index (κ2) is 11.3. The van der Waals surface area contributed by atoms with E-state index in [0.29, 0.717) is 18.7 Å². The maximum absolute atomic E-state index is 13.9. The summed E-state index contributed by atoms with van der Waals surface area (Å²) in [5.41, 5.74) is 1.74. The number of rotatable bonds is 9. The molecular weight excluding hydrogens is 492 g/mol. The molecule has 37 heavy (non-hydrogen) atoms. The number of aromatic amines is 1. The Morgan fingerprint density at radius 1 is 1.16 bits per heavy atom. The van der Waals surface area contributed by atoms with Crippen molar-refractivity contribution >= 4 is 46.0 Å². The van der Waals surface area contributed by atoms with Crippen molar-refractivity contribution < 1.29 is 19.2 Å². The summed E-state index contributed by atoms with van der Waals surface area (Å²) >= 11 is 5.66. The molecule has 1 aromatic carbocycles. The number of H-pyrrole nitrogens is 1. The Kier molecular flexibility index (Phi) is 8.73. The lowest BCUT2D eigenvalue weighted by atomic mass is 9.77. The maximum atomic E-state index is 13.9. The fraction of sp³-hybridized carbons (Fsp3) is 0.571. The molecule has 1 aliphatic heterocycles. The van der Waals surface area contributed by atoms with Gasteiger partial charge in [0.25, 0.3) is 5.91 Å². The lowest BCUT2D eigenvalue weighted by Crippen LogP contribution is -2.58. The van der Waals surface area contributed by atoms with Gasteiger partial charge in [0.2, 0.25) is 11.8 Å². The van der Waals surface area contributed by atoms with Gasteiger partial charge in [-0.2, -0.15) is 0 Å². The van der Waals surface area contributed by atoms with Gasteiger partial charge < -0.3 is 20.5 Å². The minimum absolute atomic E-state index is 0.0262. The van der Waals surface area contributed by atoms with Crippen LogP contribution in [0.15, 0.2) is 24.3 Å². The molecule has 1 fully saturated rings. The fourth-order valence-electron chi connectivity index (χ4n) is 5.05. The largest absolute Gasteiger partial charge is 0.351 e. The summed E-state index contributed by atoms with van der Waals surface area (Å²) in [4.78, 5) is 57.3. The van der Waals surface area contributed by atoms with Crippen LogP contribution in [-0.4, -0.2) is 63.9 Å². The van der Waals surface area contributed by atoms with E-state index in [9.17, 15) is 19.2 Å². The van der Waals surface area contributed by atoms with Gasteiger partial charge in [0.05, 0.1) is 11.9 Å². The van der Waals surface area contributed by atoms with E-state index < -0.39 is 29.4 Å². The molecule has 3 amide bonds. The summed E-state index contributed by atoms with van der Waals surface area (Å²) in [5, 5.41) is 6.62. The summed E-state index contributed by atoms with van der Waals surface area (Å²) in [5.74, 6) is -1.42. The van der Waals surface area contributed by atoms with Crippen LogP contribution in [-0.2, 0) is 14.4 Å². The summed E-state index contributed by atoms with van der Waals surface area (Å²) in [6.45, 7) is 13.8. The highest BCUT2D eigenvalue weighted by Gasteiger charge is 2.52. The van der Waals surface area contributed by atoms with Gasteiger partial charge in [-0.3, -0.25) is 19.2 Å². The Labute approximate surface area is 223 Å². The van der Waals surface area contributed by atoms with E-state index in [2.05, 4.69) is 15.6 Å². The van der Waals surface area contributed by atoms with E-state index >= 15 is 0 Å². The van der Waals surface area contributed by atoms with Crippen LogP contribution in [0.4, 0.5) is 0 Å². The summed E-state index contributed by atoms with van der Waals surface area (Å²) in [6.07, 6.45) is 0.421. The van der Waals surface area contributed by atoms with Gasteiger partial charge in [-0.05, 0) is 55.2 Å². The Hall–Kier alpha value is -2.87. The van der Waals surface area contributed by atoms with Crippen molar-refractivity contribution in [2.45, 2.75) is 73.0 Å². The molecule has 0 saturated carbocycles. The molecule has 1 aliphatic rings. The van der Waals surface area contributed by atoms with Crippen molar-refractivity contribution in [2.75, 3.05) is 12.4 Å². The number of aromatic nitrogens is 1. The van der Waals surface area contributed by atoms with Crippen molar-refractivity contribution in [3.05, 3.63) is 35.5 Å². The summed E-state index contributed by atoms with van der Waals surface area (Å²) in [7, 11) is 0. The molecule has 0 spiro atoms. The number of benzene rings is 1. The third-order valence-electron chi connectivity index (χ3n) is 7.70. The average Bonchev–Trinajstić information content (AvgIpc) is 3.36. The van der Waals surface area contributed by atoms with Gasteiger partial charge in [-0.15, -0.1) is 11.6 Å². The first-order valence-electron chi connectivity index (χ1n) is 12.9. The number of aryl methyl sites for hydroxylation is 1. The molecule has 4 atom stereocenters. The van der Waals surface area contributed by atoms with Crippen LogP contribution in [0.3, 0.4) is 0 Å². The molecule has 1 unspecified atom stereocenters. The van der Waals surface area contributed by atoms with Gasteiger partial charge in [-0.25, -0.2) is 0 Å². The van der Waals surface area contributed by atoms with Crippen LogP contribution in [0.2, 0.25) is 0 Å². The number of alkyl halides is 1. The molecule has 3 rings (SSSR count). The number of Topliss-reactive ketones (excluding diaryl/α,β-unsaturated/α-hetero) is 1. The Morgan fingerprint density at radius 2 is 1.84 bits per heavy atom. The summed E-state index contributed by atoms with van der Waals surface area (Å²) < 4.78 is 0. The molecule has 1 saturated heterocycles. The third kappa shape index (κ3) is 6.00. The molecule has 2 aromatic rings. The number of hydrogen-bond acceptors (Lipinski definition) is 4. The van der Waals surface area contributed by atoms with Gasteiger partial charge >= 0.3 is 0 Å². The van der Waals surface area contributed by atoms with Crippen molar-refractivity contribution in [3.8, 4) is 0 Å². The number of likely N-dealkylation sites (tertiary alicyclic amines) is 1. The minimum Gasteiger partial charge on any atom is -0.351 e. The molecule has 8 nitrogen and oxygen atoms in total. The first-order valence-corrected chi connectivity index (χ1v) is 13.4. The zero-order chi connectivity index (χ0) is 27.7. The number of amides is 3. The molecule has 3 N–H and O–H groups in total. The third-order valence-corrected chi connectivity index (χ3v) is 7.96. The molecule has 202 valence electrons. The number of ketones is 1. The highest BCUT2D eigenvalue weighted by molar-refractivity contribution is 6.28. The topological polar surface area (TPSA) is 111 Å². The van der Waals surface area contributed by atoms with Gasteiger partial charge in [0.1, 0.15) is 17.8 Å². The molecular formula is C28H39ClN4O4. The fourth-order valence-corrected chi connectivity index (χ4v) is 5.28. The Bertz CT molecular complexity index is 1190. The maximum Gasteiger partial charge on any atom is 0.268 e. The van der Waals surface area contributed by atoms with E-state index in [0.717, 1.165) is 16.5 Å². The lowest BCUT2D eigenvalue weighted by molar-refractivity contribution is -0.142. The zero-order valence-corrected chi connectivity index (χ0v) is 23.5. The number of carbonyl (C=O) groups excluding carboxylic acids is 4. The predicted octanol–water partition coefficient (Wildman–Crippen LogP) is 3.81. The van der Waals surface area contributed by atoms with E-state index in [-0.39, 0.29) is 35.3 Å². The number of nitrogens with one attached hydrogen (secondary N) is 3. The highest BCUT2D eigenvalue weighted by Crippen LogP contribution is 2.41. The predicted molar refractivity (Wildman–Crippen MR) is 146 cm³/mol. The van der Waals surface area contributed by atoms with Crippen LogP contribution >= 0.6 is 11.6 Å². The molecule has 0 bridgehead atoms. The second-order valence-corrected chi connectivity index (χ2v) is 11.6. The van der Waals surface area contributed by atoms with E-state index in [1.54, 1.807) is 17.9 Å². The highest BCUT2D eigenvalue weighted by atomic mass is 35.5. The molecule has 9 heteroatoms. The molecule has 0 radical (unpaired) electrons. The Morgan fingerprint density at radius 3 is 2.43 bits per heavy atom. The van der Waals surface area contributed by atoms with E-state index in [1.165, 1.54) is 0 Å². The standard InChI is InChI=1S/C28H39ClN4O4/c1-15(2)11-22(32-25(35)21-12-19-16(3)9-8-10-20(19)31-21)27(37)33-14-17(4)28(6,7)24(33)26(36)30-18(5)23(34)13-29/h8-10,12,15,17-18,22,24,31H,11,13-14H2,1-7H3,(H,30,36)(H,32,35)/t17-,18?,22+,24-/m1/s1. The molecule has 0 aliphatic carbocycles. The van der Waals surface area contributed by atoms with Gasteiger partial charge in [0, 0.05) is 17.4 Å². The van der Waals surface area contributed by atoms with Crippen molar-refractivity contribution in [1.82, 2.24) is 20.5 Å². The minimum atomic E-state index is -0.807. The van der Waals surface area contributed by atoms with Gasteiger partial charge in [-0.1, -0.05) is 46.8 Å². The van der Waals surface area contributed by atoms with E-state index in [4.69, 9.17) is 11.6 Å². The van der Waals surface area contributed by atoms with Crippen molar-refractivity contribution in [3.63, 3.8) is 0 Å². The number of halogens is 1. The van der Waals surface area contributed by atoms with E-state index in [1.807, 2.05) is 59.7 Å². The average molecular weight is 531 g/mol. The molecule has 1 aromatic heterocycles. The molecule has 2 heterocycles. The first kappa shape index (κ1) is 28.7. The smallest absolute Gasteiger partial charge is 0.268 e. The van der Waals surface area contributed by atoms with Crippen LogP contribution in [0, 0.1) is 24.2 Å². The van der Waals surface area contributed by atoms with Gasteiger partial charge in [0.15, 0.2) is 5.78 Å². The Balaban J connectivity index is 1.87. The van der Waals surface area contributed by atoms with Crippen LogP contribution < -0.4 is 10.6 Å². The van der Waals surface area contributed by atoms with Crippen molar-refractivity contribution in [1.29, 1.82) is 0 Å². The van der Waals surface area contributed by atoms with Crippen molar-refractivity contribution in [2.24, 2.45) is 17.3 Å². The summed E-state index contributed by atoms with van der Waals surface area (Å²) in [6, 6.07) is 5.24. The number of fused-ring (bicyclic) bond motifs is 1. The van der Waals surface area contributed by atoms with Crippen LogP contribution in [0.1, 0.15) is 64.0 Å². The normalized spacial score (nSPS) is 20.6. The first-order chi connectivity index (χ1) is 17.3. The number of carbonyl (C=O) groups is 4.